The van der Waals surface area contributed by atoms with E-state index in [4.69, 9.17) is 5.11 Å². The number of aromatic carboxylic acids is 1. The summed E-state index contributed by atoms with van der Waals surface area (Å²) in [6.45, 7) is 0.739. The van der Waals surface area contributed by atoms with Crippen molar-refractivity contribution in [2.45, 2.75) is 25.7 Å². The monoisotopic (exact) mass is 232 g/mol. The third-order valence-corrected chi connectivity index (χ3v) is 2.91. The Morgan fingerprint density at radius 2 is 2.41 bits per heavy atom. The summed E-state index contributed by atoms with van der Waals surface area (Å²) in [5.74, 6) is -0.487. The lowest BCUT2D eigenvalue weighted by atomic mass is 10.1. The fraction of sp³-hybridized carbons (Fsp3) is 0.385. The summed E-state index contributed by atoms with van der Waals surface area (Å²) in [7, 11) is 0. The molecule has 1 aromatic heterocycles. The van der Waals surface area contributed by atoms with Gasteiger partial charge < -0.3 is 10.4 Å². The van der Waals surface area contributed by atoms with Crippen LogP contribution in [-0.2, 0) is 0 Å². The number of hydrogen-bond donors (Lipinski definition) is 2. The number of rotatable bonds is 5. The summed E-state index contributed by atoms with van der Waals surface area (Å²) in [5.41, 5.74) is 1.69. The number of nitrogens with zero attached hydrogens (tertiary/aromatic N) is 1. The molecule has 0 spiro atoms. The van der Waals surface area contributed by atoms with Crippen LogP contribution in [0.5, 0.6) is 0 Å². The van der Waals surface area contributed by atoms with Gasteiger partial charge in [-0.1, -0.05) is 11.6 Å². The molecule has 1 aromatic rings. The van der Waals surface area contributed by atoms with Gasteiger partial charge in [-0.2, -0.15) is 0 Å². The molecule has 0 aromatic carbocycles. The van der Waals surface area contributed by atoms with Crippen molar-refractivity contribution < 1.29 is 9.90 Å². The lowest BCUT2D eigenvalue weighted by Crippen LogP contribution is -2.09. The van der Waals surface area contributed by atoms with Gasteiger partial charge in [0.1, 0.15) is 11.4 Å². The number of pyridine rings is 1. The second-order valence-electron chi connectivity index (χ2n) is 4.14. The Balaban J connectivity index is 1.92. The van der Waals surface area contributed by atoms with Crippen molar-refractivity contribution in [3.63, 3.8) is 0 Å². The quantitative estimate of drug-likeness (QED) is 0.766. The molecule has 2 N–H and O–H groups in total. The fourth-order valence-corrected chi connectivity index (χ4v) is 2.02. The molecular weight excluding hydrogens is 216 g/mol. The molecule has 0 amide bonds. The number of carboxylic acids is 1. The van der Waals surface area contributed by atoms with Crippen LogP contribution in [0.2, 0.25) is 0 Å². The largest absolute Gasteiger partial charge is 0.478 e. The van der Waals surface area contributed by atoms with Gasteiger partial charge in [-0.15, -0.1) is 0 Å². The Kier molecular flexibility index (Phi) is 3.75. The van der Waals surface area contributed by atoms with Gasteiger partial charge in [0.2, 0.25) is 0 Å². The second-order valence-corrected chi connectivity index (χ2v) is 4.14. The van der Waals surface area contributed by atoms with Gasteiger partial charge in [0.05, 0.1) is 0 Å². The van der Waals surface area contributed by atoms with Crippen LogP contribution in [-0.4, -0.2) is 22.6 Å². The number of carbonyl (C=O) groups is 1. The molecule has 4 nitrogen and oxygen atoms in total. The van der Waals surface area contributed by atoms with Gasteiger partial charge in [0.15, 0.2) is 0 Å². The number of carboxylic acid groups (broad SMARTS) is 1. The lowest BCUT2D eigenvalue weighted by Gasteiger charge is -2.08. The van der Waals surface area contributed by atoms with Crippen LogP contribution in [0.3, 0.4) is 0 Å². The van der Waals surface area contributed by atoms with Crippen molar-refractivity contribution in [2.24, 2.45) is 0 Å². The molecule has 0 saturated carbocycles. The SMILES string of the molecule is O=C(O)c1cccnc1NCCC1=CCCC1. The van der Waals surface area contributed by atoms with Crippen LogP contribution >= 0.6 is 0 Å². The topological polar surface area (TPSA) is 62.2 Å². The highest BCUT2D eigenvalue weighted by atomic mass is 16.4. The number of anilines is 1. The van der Waals surface area contributed by atoms with Crippen molar-refractivity contribution in [3.8, 4) is 0 Å². The Bertz CT molecular complexity index is 441. The molecular formula is C13H16N2O2. The summed E-state index contributed by atoms with van der Waals surface area (Å²) >= 11 is 0. The molecule has 2 rings (SSSR count). The van der Waals surface area contributed by atoms with Crippen LogP contribution < -0.4 is 5.32 Å². The molecule has 0 fully saturated rings. The maximum atomic E-state index is 10.9. The summed E-state index contributed by atoms with van der Waals surface area (Å²) < 4.78 is 0. The van der Waals surface area contributed by atoms with E-state index in [0.717, 1.165) is 13.0 Å². The third kappa shape index (κ3) is 3.06. The van der Waals surface area contributed by atoms with E-state index < -0.39 is 5.97 Å². The van der Waals surface area contributed by atoms with Crippen LogP contribution in [0.25, 0.3) is 0 Å². The highest BCUT2D eigenvalue weighted by Gasteiger charge is 2.10. The smallest absolute Gasteiger partial charge is 0.339 e. The Labute approximate surface area is 100 Å². The number of allylic oxidation sites excluding steroid dienone is 1. The van der Waals surface area contributed by atoms with Crippen LogP contribution in [0.15, 0.2) is 30.0 Å². The van der Waals surface area contributed by atoms with Crippen molar-refractivity contribution in [2.75, 3.05) is 11.9 Å². The van der Waals surface area contributed by atoms with Crippen LogP contribution in [0.1, 0.15) is 36.0 Å². The number of hydrogen-bond acceptors (Lipinski definition) is 3. The van der Waals surface area contributed by atoms with E-state index >= 15 is 0 Å². The molecule has 4 heteroatoms. The van der Waals surface area contributed by atoms with E-state index in [1.54, 1.807) is 18.3 Å². The molecule has 1 heterocycles. The standard InChI is InChI=1S/C13H16N2O2/c16-13(17)11-6-3-8-14-12(11)15-9-7-10-4-1-2-5-10/h3-4,6,8H,1-2,5,7,9H2,(H,14,15)(H,16,17). The van der Waals surface area contributed by atoms with Crippen LogP contribution in [0.4, 0.5) is 5.82 Å². The number of aromatic nitrogens is 1. The van der Waals surface area contributed by atoms with Gasteiger partial charge in [0.25, 0.3) is 0 Å². The van der Waals surface area contributed by atoms with E-state index in [9.17, 15) is 4.79 Å². The maximum Gasteiger partial charge on any atom is 0.339 e. The number of nitrogens with one attached hydrogen (secondary N) is 1. The summed E-state index contributed by atoms with van der Waals surface area (Å²) in [6.07, 6.45) is 8.45. The molecule has 1 aliphatic rings. The Morgan fingerprint density at radius 1 is 1.53 bits per heavy atom. The predicted molar refractivity (Wildman–Crippen MR) is 66.2 cm³/mol. The molecule has 0 radical (unpaired) electrons. The minimum absolute atomic E-state index is 0.230. The molecule has 0 saturated heterocycles. The maximum absolute atomic E-state index is 10.9. The van der Waals surface area contributed by atoms with E-state index in [-0.39, 0.29) is 5.56 Å². The van der Waals surface area contributed by atoms with Crippen LogP contribution in [0, 0.1) is 0 Å². The van der Waals surface area contributed by atoms with Crippen molar-refractivity contribution in [1.82, 2.24) is 4.98 Å². The minimum atomic E-state index is -0.944. The first-order valence-electron chi connectivity index (χ1n) is 5.87. The van der Waals surface area contributed by atoms with Crippen molar-refractivity contribution in [1.29, 1.82) is 0 Å². The summed E-state index contributed by atoms with van der Waals surface area (Å²) in [5, 5.41) is 12.1. The summed E-state index contributed by atoms with van der Waals surface area (Å²) in [4.78, 5) is 15.0. The fourth-order valence-electron chi connectivity index (χ4n) is 2.02. The van der Waals surface area contributed by atoms with E-state index in [1.807, 2.05) is 0 Å². The molecule has 0 atom stereocenters. The zero-order valence-electron chi connectivity index (χ0n) is 9.65. The lowest BCUT2D eigenvalue weighted by molar-refractivity contribution is 0.0697. The van der Waals surface area contributed by atoms with Crippen molar-refractivity contribution in [3.05, 3.63) is 35.5 Å². The first-order valence-corrected chi connectivity index (χ1v) is 5.87. The zero-order valence-corrected chi connectivity index (χ0v) is 9.65. The van der Waals surface area contributed by atoms with Gasteiger partial charge >= 0.3 is 5.97 Å². The molecule has 0 unspecified atom stereocenters. The van der Waals surface area contributed by atoms with Gasteiger partial charge in [-0.3, -0.25) is 0 Å². The average Bonchev–Trinajstić information content (AvgIpc) is 2.82. The molecule has 0 aliphatic heterocycles. The first kappa shape index (κ1) is 11.6. The van der Waals surface area contributed by atoms with E-state index in [0.29, 0.717) is 5.82 Å². The third-order valence-electron chi connectivity index (χ3n) is 2.91. The zero-order chi connectivity index (χ0) is 12.1. The minimum Gasteiger partial charge on any atom is -0.478 e. The normalized spacial score (nSPS) is 14.5. The van der Waals surface area contributed by atoms with Gasteiger partial charge in [-0.25, -0.2) is 9.78 Å². The van der Waals surface area contributed by atoms with Gasteiger partial charge in [-0.05, 0) is 37.8 Å². The molecule has 17 heavy (non-hydrogen) atoms. The van der Waals surface area contributed by atoms with E-state index in [1.165, 1.54) is 24.8 Å². The predicted octanol–water partition coefficient (Wildman–Crippen LogP) is 2.69. The highest BCUT2D eigenvalue weighted by molar-refractivity contribution is 5.92. The summed E-state index contributed by atoms with van der Waals surface area (Å²) in [6, 6.07) is 3.20. The Morgan fingerprint density at radius 3 is 3.12 bits per heavy atom. The first-order chi connectivity index (χ1) is 8.27. The molecule has 1 aliphatic carbocycles. The highest BCUT2D eigenvalue weighted by Crippen LogP contribution is 2.20. The van der Waals surface area contributed by atoms with E-state index in [2.05, 4.69) is 16.4 Å². The molecule has 90 valence electrons. The van der Waals surface area contributed by atoms with Crippen molar-refractivity contribution >= 4 is 11.8 Å². The Hall–Kier alpha value is -1.84. The molecule has 0 bridgehead atoms. The average molecular weight is 232 g/mol. The second kappa shape index (κ2) is 5.48. The van der Waals surface area contributed by atoms with Gasteiger partial charge in [0, 0.05) is 12.7 Å².